The zero-order valence-corrected chi connectivity index (χ0v) is 19.5. The molecule has 2 N–H and O–H groups in total. The smallest absolute Gasteiger partial charge is 0.321 e. The number of ether oxygens (including phenoxy) is 2. The lowest BCUT2D eigenvalue weighted by Crippen LogP contribution is -2.29. The Hall–Kier alpha value is -0.840. The Morgan fingerprint density at radius 2 is 1.32 bits per heavy atom. The third-order valence-corrected chi connectivity index (χ3v) is 5.06. The number of carbonyl (C=O) groups excluding carboxylic acids is 2. The summed E-state index contributed by atoms with van der Waals surface area (Å²) in [5, 5.41) is 17.0. The summed E-state index contributed by atoms with van der Waals surface area (Å²) in [6.45, 7) is 10.5. The third kappa shape index (κ3) is 23.2. The number of aliphatic hydroxyl groups is 2. The van der Waals surface area contributed by atoms with E-state index in [1.807, 2.05) is 20.8 Å². The fourth-order valence-electron chi connectivity index (χ4n) is 1.60. The second-order valence-electron chi connectivity index (χ2n) is 7.97. The highest BCUT2D eigenvalue weighted by Crippen LogP contribution is 2.10. The molecule has 0 aliphatic heterocycles. The molecule has 0 atom stereocenters. The van der Waals surface area contributed by atoms with Gasteiger partial charge in [0.1, 0.15) is 17.0 Å². The average molecular weight is 445 g/mol. The second kappa shape index (κ2) is 14.2. The van der Waals surface area contributed by atoms with Gasteiger partial charge in [0.25, 0.3) is 0 Å². The van der Waals surface area contributed by atoms with E-state index in [-0.39, 0.29) is 31.4 Å². The highest BCUT2D eigenvalue weighted by molar-refractivity contribution is 7.99. The molecule has 0 aliphatic rings. The van der Waals surface area contributed by atoms with Crippen LogP contribution in [0, 0.1) is 0 Å². The molecule has 0 spiro atoms. The summed E-state index contributed by atoms with van der Waals surface area (Å²) in [5.74, 6) is -0.573. The number of aliphatic hydroxyl groups excluding tert-OH is 2. The molecule has 0 aromatic rings. The van der Waals surface area contributed by atoms with Crippen LogP contribution in [0.3, 0.4) is 0 Å². The largest absolute Gasteiger partial charge is 0.459 e. The zero-order valence-electron chi connectivity index (χ0n) is 17.8. The summed E-state index contributed by atoms with van der Waals surface area (Å²) in [5.41, 5.74) is -1.07. The van der Waals surface area contributed by atoms with Crippen molar-refractivity contribution in [2.75, 3.05) is 36.2 Å². The Labute approximate surface area is 173 Å². The van der Waals surface area contributed by atoms with E-state index in [1.165, 1.54) is 11.8 Å². The van der Waals surface area contributed by atoms with Crippen LogP contribution < -0.4 is 0 Å². The van der Waals surface area contributed by atoms with Crippen LogP contribution in [0.15, 0.2) is 0 Å². The lowest BCUT2D eigenvalue weighted by atomic mass is 10.2. The lowest BCUT2D eigenvalue weighted by molar-refractivity contribution is -0.152. The van der Waals surface area contributed by atoms with Gasteiger partial charge in [0.05, 0.1) is 11.5 Å². The molecule has 0 fully saturated rings. The van der Waals surface area contributed by atoms with Crippen molar-refractivity contribution in [3.05, 3.63) is 0 Å². The minimum absolute atomic E-state index is 0.144. The first-order valence-corrected chi connectivity index (χ1v) is 12.0. The van der Waals surface area contributed by atoms with Crippen molar-refractivity contribution in [2.24, 2.45) is 0 Å². The van der Waals surface area contributed by atoms with Crippen LogP contribution in [-0.4, -0.2) is 78.0 Å². The molecule has 0 saturated heterocycles. The van der Waals surface area contributed by atoms with Crippen molar-refractivity contribution in [3.8, 4) is 0 Å². The van der Waals surface area contributed by atoms with Gasteiger partial charge in [-0.3, -0.25) is 9.59 Å². The molecule has 0 bridgehead atoms. The first-order valence-electron chi connectivity index (χ1n) is 9.05. The fourth-order valence-corrected chi connectivity index (χ4v) is 3.43. The Bertz CT molecular complexity index is 545. The van der Waals surface area contributed by atoms with Crippen LogP contribution >= 0.6 is 11.8 Å². The van der Waals surface area contributed by atoms with E-state index in [0.717, 1.165) is 12.2 Å². The lowest BCUT2D eigenvalue weighted by Gasteiger charge is -2.19. The van der Waals surface area contributed by atoms with Crippen molar-refractivity contribution < 1.29 is 37.7 Å². The average Bonchev–Trinajstić information content (AvgIpc) is 2.46. The van der Waals surface area contributed by atoms with Gasteiger partial charge in [-0.25, -0.2) is 8.42 Å². The van der Waals surface area contributed by atoms with Gasteiger partial charge in [0, 0.05) is 13.2 Å². The SMILES string of the molecule is CC(C)(C)OC(=O)CS(=O)(=O)CCCO.CC(C)(C)OC(=O)CSCCCO. The number of hydrogen-bond acceptors (Lipinski definition) is 9. The van der Waals surface area contributed by atoms with Gasteiger partial charge in [0.2, 0.25) is 0 Å². The highest BCUT2D eigenvalue weighted by Gasteiger charge is 2.22. The number of carbonyl (C=O) groups is 2. The molecule has 0 amide bonds. The highest BCUT2D eigenvalue weighted by atomic mass is 32.2. The zero-order chi connectivity index (χ0) is 22.4. The van der Waals surface area contributed by atoms with Crippen molar-refractivity contribution in [2.45, 2.75) is 65.6 Å². The molecule has 0 aromatic heterocycles. The summed E-state index contributed by atoms with van der Waals surface area (Å²) in [7, 11) is -3.45. The van der Waals surface area contributed by atoms with Gasteiger partial charge in [0.15, 0.2) is 9.84 Å². The van der Waals surface area contributed by atoms with E-state index >= 15 is 0 Å². The molecule has 0 saturated carbocycles. The molecule has 8 nitrogen and oxygen atoms in total. The van der Waals surface area contributed by atoms with Gasteiger partial charge in [-0.2, -0.15) is 11.8 Å². The fraction of sp³-hybridized carbons (Fsp3) is 0.889. The van der Waals surface area contributed by atoms with Crippen molar-refractivity contribution in [1.29, 1.82) is 0 Å². The first-order chi connectivity index (χ1) is 12.6. The topological polar surface area (TPSA) is 127 Å². The van der Waals surface area contributed by atoms with Crippen molar-refractivity contribution in [3.63, 3.8) is 0 Å². The number of sulfone groups is 1. The monoisotopic (exact) mass is 444 g/mol. The normalized spacial score (nSPS) is 12.0. The number of rotatable bonds is 10. The number of esters is 2. The van der Waals surface area contributed by atoms with Gasteiger partial charge in [-0.15, -0.1) is 0 Å². The van der Waals surface area contributed by atoms with Gasteiger partial charge in [-0.1, -0.05) is 0 Å². The third-order valence-electron chi connectivity index (χ3n) is 2.46. The molecule has 0 aliphatic carbocycles. The van der Waals surface area contributed by atoms with Crippen molar-refractivity contribution in [1.82, 2.24) is 0 Å². The molecule has 10 heteroatoms. The summed E-state index contributed by atoms with van der Waals surface area (Å²) in [6, 6.07) is 0. The van der Waals surface area contributed by atoms with E-state index in [1.54, 1.807) is 20.8 Å². The van der Waals surface area contributed by atoms with Crippen LogP contribution in [0.4, 0.5) is 0 Å². The molecule has 168 valence electrons. The molecule has 0 aromatic carbocycles. The van der Waals surface area contributed by atoms with Crippen LogP contribution in [-0.2, 0) is 28.9 Å². The van der Waals surface area contributed by atoms with Gasteiger partial charge in [-0.05, 0) is 60.1 Å². The maximum absolute atomic E-state index is 11.3. The van der Waals surface area contributed by atoms with Crippen LogP contribution in [0.1, 0.15) is 54.4 Å². The minimum Gasteiger partial charge on any atom is -0.459 e. The number of thioether (sulfide) groups is 1. The van der Waals surface area contributed by atoms with Gasteiger partial charge < -0.3 is 19.7 Å². The summed E-state index contributed by atoms with van der Waals surface area (Å²) in [4.78, 5) is 22.3. The van der Waals surface area contributed by atoms with E-state index in [9.17, 15) is 18.0 Å². The maximum atomic E-state index is 11.3. The Kier molecular flexibility index (Phi) is 14.9. The summed E-state index contributed by atoms with van der Waals surface area (Å²) < 4.78 is 32.5. The predicted molar refractivity (Wildman–Crippen MR) is 111 cm³/mol. The Morgan fingerprint density at radius 1 is 0.857 bits per heavy atom. The maximum Gasteiger partial charge on any atom is 0.321 e. The van der Waals surface area contributed by atoms with E-state index < -0.39 is 32.8 Å². The molecule has 28 heavy (non-hydrogen) atoms. The quantitative estimate of drug-likeness (QED) is 0.381. The molecular formula is C18H36O8S2. The second-order valence-corrected chi connectivity index (χ2v) is 11.3. The van der Waals surface area contributed by atoms with E-state index in [2.05, 4.69) is 0 Å². The molecule has 0 rings (SSSR count). The van der Waals surface area contributed by atoms with E-state index in [4.69, 9.17) is 19.7 Å². The van der Waals surface area contributed by atoms with Crippen LogP contribution in [0.2, 0.25) is 0 Å². The van der Waals surface area contributed by atoms with Crippen LogP contribution in [0.25, 0.3) is 0 Å². The Morgan fingerprint density at radius 3 is 1.75 bits per heavy atom. The number of hydrogen-bond donors (Lipinski definition) is 2. The predicted octanol–water partition coefficient (Wildman–Crippen LogP) is 1.57. The minimum atomic E-state index is -3.45. The molecule has 0 radical (unpaired) electrons. The van der Waals surface area contributed by atoms with Crippen molar-refractivity contribution >= 4 is 33.5 Å². The molecule has 0 unspecified atom stereocenters. The van der Waals surface area contributed by atoms with E-state index in [0.29, 0.717) is 5.75 Å². The Balaban J connectivity index is 0. The van der Waals surface area contributed by atoms with Gasteiger partial charge >= 0.3 is 11.9 Å². The molecular weight excluding hydrogens is 408 g/mol. The summed E-state index contributed by atoms with van der Waals surface area (Å²) >= 11 is 1.49. The van der Waals surface area contributed by atoms with Crippen LogP contribution in [0.5, 0.6) is 0 Å². The summed E-state index contributed by atoms with van der Waals surface area (Å²) in [6.07, 6.45) is 0.874. The first kappa shape index (κ1) is 29.4. The molecule has 0 heterocycles. The standard InChI is InChI=1S/C9H18O5S.C9H18O3S/c1-9(2,3)14-8(11)7-15(12,13)6-4-5-10;1-9(2,3)12-8(11)7-13-6-4-5-10/h10H,4-7H2,1-3H3;10H,4-7H2,1-3H3.